The van der Waals surface area contributed by atoms with Gasteiger partial charge >= 0.3 is 5.97 Å². The molecule has 123 valence electrons. The average molecular weight is 408 g/mol. The zero-order valence-electron chi connectivity index (χ0n) is 13.5. The van der Waals surface area contributed by atoms with Crippen LogP contribution >= 0.6 is 0 Å². The number of carbonyl (C=O) groups is 1. The van der Waals surface area contributed by atoms with Crippen LogP contribution in [-0.2, 0) is 52.0 Å². The Labute approximate surface area is 169 Å². The number of nitrogens with zero attached hydrogens (tertiary/aromatic N) is 2. The monoisotopic (exact) mass is 408 g/mol. The summed E-state index contributed by atoms with van der Waals surface area (Å²) in [5, 5.41) is 9.34. The number of pyridine rings is 2. The Bertz CT molecular complexity index is 988. The third-order valence-corrected chi connectivity index (χ3v) is 4.62. The van der Waals surface area contributed by atoms with E-state index in [1.54, 1.807) is 12.3 Å². The van der Waals surface area contributed by atoms with E-state index in [-0.39, 0.29) is 43.7 Å². The fraction of sp³-hybridized carbons (Fsp3) is 0.211. The summed E-state index contributed by atoms with van der Waals surface area (Å²) in [5.74, 6) is -0.779. The topological polar surface area (TPSA) is 81.4 Å². The summed E-state index contributed by atoms with van der Waals surface area (Å²) in [6, 6.07) is 10.2. The molecule has 1 N–H and O–H groups in total. The molecule has 1 aliphatic rings. The van der Waals surface area contributed by atoms with Gasteiger partial charge in [0.05, 0.1) is 0 Å². The predicted octanol–water partition coefficient (Wildman–Crippen LogP) is 2.21. The Hall–Kier alpha value is -1.85. The Morgan fingerprint density at radius 3 is 2.56 bits per heavy atom. The number of hydrogen-bond acceptors (Lipinski definition) is 3. The normalized spacial score (nSPS) is 13.4. The van der Waals surface area contributed by atoms with Crippen molar-refractivity contribution < 1.29 is 42.6 Å². The van der Waals surface area contributed by atoms with Crippen molar-refractivity contribution in [1.82, 2.24) is 9.97 Å². The zero-order chi connectivity index (χ0) is 16.7. The Kier molecular flexibility index (Phi) is 5.16. The molecule has 0 spiro atoms. The van der Waals surface area contributed by atoms with E-state index in [0.29, 0.717) is 11.6 Å². The summed E-state index contributed by atoms with van der Waals surface area (Å²) >= 11 is 0. The number of aromatic nitrogens is 2. The van der Waals surface area contributed by atoms with Crippen LogP contribution in [0.3, 0.4) is 0 Å². The first-order chi connectivity index (χ1) is 11.6. The van der Waals surface area contributed by atoms with E-state index in [4.69, 9.17) is 5.11 Å². The van der Waals surface area contributed by atoms with Crippen LogP contribution < -0.4 is 10.4 Å². The Morgan fingerprint density at radius 1 is 1.24 bits per heavy atom. The molecule has 4 rings (SSSR count). The van der Waals surface area contributed by atoms with Gasteiger partial charge in [-0.05, 0) is 48.0 Å². The number of carboxylic acids is 1. The summed E-state index contributed by atoms with van der Waals surface area (Å²) in [4.78, 5) is 31.6. The first kappa shape index (κ1) is 18.0. The van der Waals surface area contributed by atoms with E-state index in [2.05, 4.69) is 34.2 Å². The molecule has 2 aromatic heterocycles. The van der Waals surface area contributed by atoms with Crippen LogP contribution in [0.25, 0.3) is 11.0 Å². The standard InChI is InChI=1S/C19H16N2O3.Y/c22-17-15-8-12(9-20-18(15)21-10-16(17)19(23)24)5-11-6-13-3-1-2-4-14(13)7-11;/h1-4,8-11H,5-7H2,(H2,20,21,22,23,24);/p-1. The van der Waals surface area contributed by atoms with E-state index in [1.165, 1.54) is 11.1 Å². The molecule has 0 saturated carbocycles. The van der Waals surface area contributed by atoms with Crippen molar-refractivity contribution in [3.05, 3.63) is 75.2 Å². The van der Waals surface area contributed by atoms with E-state index < -0.39 is 11.4 Å². The second-order valence-corrected chi connectivity index (χ2v) is 6.27. The molecule has 0 bridgehead atoms. The Morgan fingerprint density at radius 2 is 1.92 bits per heavy atom. The van der Waals surface area contributed by atoms with Crippen LogP contribution in [0, 0.1) is 5.92 Å². The maximum atomic E-state index is 12.3. The van der Waals surface area contributed by atoms with Crippen LogP contribution in [0.4, 0.5) is 0 Å². The third kappa shape index (κ3) is 3.44. The molecule has 1 aromatic carbocycles. The molecule has 0 amide bonds. The van der Waals surface area contributed by atoms with Crippen molar-refractivity contribution in [3.8, 4) is 0 Å². The minimum atomic E-state index is -1.26. The third-order valence-electron chi connectivity index (χ3n) is 4.62. The second kappa shape index (κ2) is 7.18. The minimum absolute atomic E-state index is 0. The average Bonchev–Trinajstić information content (AvgIpc) is 2.97. The van der Waals surface area contributed by atoms with Gasteiger partial charge in [0.15, 0.2) is 5.43 Å². The van der Waals surface area contributed by atoms with Gasteiger partial charge < -0.3 is 15.1 Å². The number of hydrogen-bond donors (Lipinski definition) is 1. The van der Waals surface area contributed by atoms with Crippen LogP contribution in [0.1, 0.15) is 27.0 Å². The quantitative estimate of drug-likeness (QED) is 0.719. The molecule has 0 atom stereocenters. The maximum absolute atomic E-state index is 12.3. The number of aromatic carboxylic acids is 1. The van der Waals surface area contributed by atoms with Crippen LogP contribution in [-0.4, -0.2) is 16.1 Å². The molecule has 2 heterocycles. The fourth-order valence-electron chi connectivity index (χ4n) is 3.49. The number of carboxylic acid groups (broad SMARTS) is 1. The molecule has 6 heteroatoms. The van der Waals surface area contributed by atoms with Crippen molar-refractivity contribution in [1.29, 1.82) is 0 Å². The molecule has 1 radical (unpaired) electrons. The first-order valence-corrected chi connectivity index (χ1v) is 7.86. The Balaban J connectivity index is 0.00000182. The molecule has 0 unspecified atom stereocenters. The van der Waals surface area contributed by atoms with Gasteiger partial charge in [-0.15, -0.1) is 0 Å². The van der Waals surface area contributed by atoms with E-state index in [0.717, 1.165) is 31.0 Å². The molecule has 1 aliphatic carbocycles. The van der Waals surface area contributed by atoms with Gasteiger partial charge in [0.1, 0.15) is 5.56 Å². The molecule has 5 nitrogen and oxygen atoms in total. The van der Waals surface area contributed by atoms with Gasteiger partial charge in [-0.2, -0.15) is 0 Å². The molecule has 3 aromatic rings. The number of benzene rings is 1. The van der Waals surface area contributed by atoms with Gasteiger partial charge in [-0.3, -0.25) is 4.79 Å². The van der Waals surface area contributed by atoms with Gasteiger partial charge in [-0.25, -0.2) is 4.79 Å². The van der Waals surface area contributed by atoms with Crippen LogP contribution in [0.2, 0.25) is 0 Å². The summed E-state index contributed by atoms with van der Waals surface area (Å²) < 4.78 is 0. The molecular formula is C19H15N2O3Y-. The smallest absolute Gasteiger partial charge is 0.339 e. The molecule has 0 aliphatic heterocycles. The van der Waals surface area contributed by atoms with Gasteiger partial charge in [0.2, 0.25) is 0 Å². The second-order valence-electron chi connectivity index (χ2n) is 6.27. The minimum Gasteiger partial charge on any atom is -0.478 e. The van der Waals surface area contributed by atoms with Crippen molar-refractivity contribution >= 4 is 17.0 Å². The zero-order valence-corrected chi connectivity index (χ0v) is 16.3. The van der Waals surface area contributed by atoms with Gasteiger partial charge in [0.25, 0.3) is 0 Å². The van der Waals surface area contributed by atoms with Crippen molar-refractivity contribution in [3.63, 3.8) is 0 Å². The first-order valence-electron chi connectivity index (χ1n) is 7.86. The molecule has 0 saturated heterocycles. The summed E-state index contributed by atoms with van der Waals surface area (Å²) in [7, 11) is 0. The summed E-state index contributed by atoms with van der Waals surface area (Å²) in [6.45, 7) is 0. The SMILES string of the molecule is O=C(O)c1c[n-]c2ncc(CC3Cc4ccccc4C3)cc2c1=O.[Y]. The summed E-state index contributed by atoms with van der Waals surface area (Å²) in [6.07, 6.45) is 5.66. The van der Waals surface area contributed by atoms with E-state index in [1.807, 2.05) is 0 Å². The van der Waals surface area contributed by atoms with E-state index >= 15 is 0 Å². The fourth-order valence-corrected chi connectivity index (χ4v) is 3.49. The van der Waals surface area contributed by atoms with Crippen molar-refractivity contribution in [2.45, 2.75) is 19.3 Å². The summed E-state index contributed by atoms with van der Waals surface area (Å²) in [5.41, 5.74) is 3.18. The predicted molar refractivity (Wildman–Crippen MR) is 89.3 cm³/mol. The van der Waals surface area contributed by atoms with Crippen LogP contribution in [0.15, 0.2) is 47.5 Å². The van der Waals surface area contributed by atoms with Gasteiger partial charge in [-0.1, -0.05) is 42.2 Å². The van der Waals surface area contributed by atoms with E-state index in [9.17, 15) is 9.59 Å². The molecule has 25 heavy (non-hydrogen) atoms. The largest absolute Gasteiger partial charge is 0.478 e. The van der Waals surface area contributed by atoms with Crippen LogP contribution in [0.5, 0.6) is 0 Å². The van der Waals surface area contributed by atoms with Crippen molar-refractivity contribution in [2.75, 3.05) is 0 Å². The molecular weight excluding hydrogens is 393 g/mol. The van der Waals surface area contributed by atoms with Crippen molar-refractivity contribution in [2.24, 2.45) is 5.92 Å². The maximum Gasteiger partial charge on any atom is 0.339 e. The number of rotatable bonds is 3. The molecule has 0 fully saturated rings. The number of fused-ring (bicyclic) bond motifs is 2. The van der Waals surface area contributed by atoms with Gasteiger partial charge in [0, 0.05) is 38.1 Å².